The molecule has 1 amide bonds. The average molecular weight is 487 g/mol. The van der Waals surface area contributed by atoms with Crippen molar-refractivity contribution in [1.29, 1.82) is 0 Å². The smallest absolute Gasteiger partial charge is 0.261 e. The number of amides is 1. The Hall–Kier alpha value is -3.42. The minimum Gasteiger partial charge on any atom is -0.497 e. The highest BCUT2D eigenvalue weighted by Gasteiger charge is 2.23. The monoisotopic (exact) mass is 486 g/mol. The van der Waals surface area contributed by atoms with Crippen LogP contribution in [0.4, 0.5) is 0 Å². The van der Waals surface area contributed by atoms with Crippen LogP contribution in [0, 0.1) is 6.92 Å². The molecule has 180 valence electrons. The van der Waals surface area contributed by atoms with Crippen molar-refractivity contribution in [1.82, 2.24) is 20.0 Å². The van der Waals surface area contributed by atoms with Gasteiger partial charge in [-0.05, 0) is 68.3 Å². The maximum atomic E-state index is 12.5. The van der Waals surface area contributed by atoms with E-state index in [0.29, 0.717) is 0 Å². The maximum Gasteiger partial charge on any atom is 0.261 e. The van der Waals surface area contributed by atoms with Gasteiger partial charge in [-0.15, -0.1) is 11.3 Å². The van der Waals surface area contributed by atoms with Crippen LogP contribution in [-0.2, 0) is 6.54 Å². The zero-order chi connectivity index (χ0) is 24.2. The number of methoxy groups -OCH3 is 1. The number of carbonyl (C=O) groups excluding carboxylic acids is 1. The van der Waals surface area contributed by atoms with Gasteiger partial charge in [0.2, 0.25) is 0 Å². The van der Waals surface area contributed by atoms with Crippen LogP contribution in [0.1, 0.15) is 33.0 Å². The number of piperidine rings is 1. The van der Waals surface area contributed by atoms with E-state index >= 15 is 0 Å². The van der Waals surface area contributed by atoms with Crippen LogP contribution in [0.3, 0.4) is 0 Å². The van der Waals surface area contributed by atoms with Crippen LogP contribution in [0.15, 0.2) is 72.9 Å². The number of hydrogen-bond acceptors (Lipinski definition) is 5. The van der Waals surface area contributed by atoms with E-state index in [1.54, 1.807) is 18.4 Å². The molecule has 0 radical (unpaired) electrons. The summed E-state index contributed by atoms with van der Waals surface area (Å²) in [5, 5.41) is 8.18. The largest absolute Gasteiger partial charge is 0.497 e. The van der Waals surface area contributed by atoms with E-state index in [2.05, 4.69) is 40.7 Å². The van der Waals surface area contributed by atoms with Crippen molar-refractivity contribution < 1.29 is 9.53 Å². The second-order valence-corrected chi connectivity index (χ2v) is 10.2. The molecular formula is C28H30N4O2S. The molecule has 35 heavy (non-hydrogen) atoms. The molecule has 1 N–H and O–H groups in total. The van der Waals surface area contributed by atoms with Gasteiger partial charge in [-0.25, -0.2) is 4.68 Å². The van der Waals surface area contributed by atoms with E-state index in [4.69, 9.17) is 9.84 Å². The van der Waals surface area contributed by atoms with Gasteiger partial charge in [-0.3, -0.25) is 9.69 Å². The molecule has 0 aliphatic carbocycles. The molecule has 0 spiro atoms. The molecule has 2 aromatic heterocycles. The molecule has 7 heteroatoms. The third-order valence-corrected chi connectivity index (χ3v) is 7.45. The average Bonchev–Trinajstić information content (AvgIpc) is 3.52. The highest BCUT2D eigenvalue weighted by Crippen LogP contribution is 2.28. The van der Waals surface area contributed by atoms with E-state index in [9.17, 15) is 4.79 Å². The SMILES string of the molecule is COc1ccc(-c2nn(-c3ccccc3)cc2CN2CCC(NC(=O)c3ccc(C)s3)CC2)cc1. The number of aryl methyl sites for hydroxylation is 1. The molecule has 1 saturated heterocycles. The van der Waals surface area contributed by atoms with Gasteiger partial charge in [0.15, 0.2) is 0 Å². The fraction of sp³-hybridized carbons (Fsp3) is 0.286. The van der Waals surface area contributed by atoms with Crippen molar-refractivity contribution >= 4 is 17.2 Å². The molecule has 0 saturated carbocycles. The summed E-state index contributed by atoms with van der Waals surface area (Å²) >= 11 is 1.55. The van der Waals surface area contributed by atoms with Crippen molar-refractivity contribution in [2.45, 2.75) is 32.4 Å². The molecule has 1 aliphatic heterocycles. The first-order valence-corrected chi connectivity index (χ1v) is 12.8. The molecule has 1 fully saturated rings. The van der Waals surface area contributed by atoms with Gasteiger partial charge in [0.1, 0.15) is 5.75 Å². The summed E-state index contributed by atoms with van der Waals surface area (Å²) in [7, 11) is 1.68. The van der Waals surface area contributed by atoms with E-state index in [1.165, 1.54) is 5.56 Å². The fourth-order valence-electron chi connectivity index (χ4n) is 4.52. The van der Waals surface area contributed by atoms with Gasteiger partial charge in [0.25, 0.3) is 5.91 Å². The third kappa shape index (κ3) is 5.47. The lowest BCUT2D eigenvalue weighted by atomic mass is 10.0. The number of likely N-dealkylation sites (tertiary alicyclic amines) is 1. The van der Waals surface area contributed by atoms with Crippen molar-refractivity contribution in [3.63, 3.8) is 0 Å². The molecule has 5 rings (SSSR count). The highest BCUT2D eigenvalue weighted by molar-refractivity contribution is 7.13. The van der Waals surface area contributed by atoms with E-state index in [0.717, 1.165) is 64.9 Å². The topological polar surface area (TPSA) is 59.4 Å². The van der Waals surface area contributed by atoms with Crippen LogP contribution in [0.2, 0.25) is 0 Å². The van der Waals surface area contributed by atoms with Gasteiger partial charge in [-0.1, -0.05) is 18.2 Å². The summed E-state index contributed by atoms with van der Waals surface area (Å²) in [6.45, 7) is 4.72. The lowest BCUT2D eigenvalue weighted by molar-refractivity contribution is 0.0913. The first kappa shape index (κ1) is 23.3. The predicted octanol–water partition coefficient (Wildman–Crippen LogP) is 5.31. The number of nitrogens with one attached hydrogen (secondary N) is 1. The predicted molar refractivity (Wildman–Crippen MR) is 140 cm³/mol. The zero-order valence-corrected chi connectivity index (χ0v) is 20.9. The van der Waals surface area contributed by atoms with E-state index < -0.39 is 0 Å². The van der Waals surface area contributed by atoms with Crippen molar-refractivity contribution in [3.8, 4) is 22.7 Å². The van der Waals surface area contributed by atoms with Crippen LogP contribution in [0.5, 0.6) is 5.75 Å². The second-order valence-electron chi connectivity index (χ2n) is 8.95. The molecule has 0 bridgehead atoms. The van der Waals surface area contributed by atoms with Crippen LogP contribution < -0.4 is 10.1 Å². The molecule has 2 aromatic carbocycles. The summed E-state index contributed by atoms with van der Waals surface area (Å²) < 4.78 is 7.30. The first-order valence-electron chi connectivity index (χ1n) is 12.0. The van der Waals surface area contributed by atoms with Crippen LogP contribution >= 0.6 is 11.3 Å². The molecule has 0 unspecified atom stereocenters. The standard InChI is InChI=1S/C28H30N4O2S/c1-20-8-13-26(35-20)28(33)29-23-14-16-31(17-15-23)18-22-19-32(24-6-4-3-5-7-24)30-27(22)21-9-11-25(34-2)12-10-21/h3-13,19,23H,14-18H2,1-2H3,(H,29,33). The van der Waals surface area contributed by atoms with E-state index in [-0.39, 0.29) is 11.9 Å². The van der Waals surface area contributed by atoms with Crippen LogP contribution in [-0.4, -0.2) is 46.8 Å². The van der Waals surface area contributed by atoms with Gasteiger partial charge >= 0.3 is 0 Å². The number of para-hydroxylation sites is 1. The number of hydrogen-bond donors (Lipinski definition) is 1. The molecule has 1 aliphatic rings. The Morgan fingerprint density at radius 2 is 1.80 bits per heavy atom. The van der Waals surface area contributed by atoms with Crippen molar-refractivity contribution in [2.24, 2.45) is 0 Å². The van der Waals surface area contributed by atoms with Crippen molar-refractivity contribution in [2.75, 3.05) is 20.2 Å². The number of rotatable bonds is 7. The quantitative estimate of drug-likeness (QED) is 0.385. The van der Waals surface area contributed by atoms with Gasteiger partial charge in [-0.2, -0.15) is 5.10 Å². The lowest BCUT2D eigenvalue weighted by Crippen LogP contribution is -2.44. The van der Waals surface area contributed by atoms with E-state index in [1.807, 2.05) is 54.1 Å². The second kappa shape index (κ2) is 10.5. The Balaban J connectivity index is 1.29. The normalized spacial score (nSPS) is 14.7. The molecule has 0 atom stereocenters. The molecule has 4 aromatic rings. The van der Waals surface area contributed by atoms with Gasteiger partial charge in [0, 0.05) is 47.9 Å². The molecule has 3 heterocycles. The summed E-state index contributed by atoms with van der Waals surface area (Å²) in [5.41, 5.74) is 4.29. The number of carbonyl (C=O) groups is 1. The molecular weight excluding hydrogens is 456 g/mol. The van der Waals surface area contributed by atoms with Crippen molar-refractivity contribution in [3.05, 3.63) is 88.2 Å². The minimum atomic E-state index is 0.0486. The summed E-state index contributed by atoms with van der Waals surface area (Å²) in [6.07, 6.45) is 4.03. The summed E-state index contributed by atoms with van der Waals surface area (Å²) in [5.74, 6) is 0.882. The highest BCUT2D eigenvalue weighted by atomic mass is 32.1. The Bertz CT molecular complexity index is 1270. The van der Waals surface area contributed by atoms with Gasteiger partial charge in [0.05, 0.1) is 23.4 Å². The lowest BCUT2D eigenvalue weighted by Gasteiger charge is -2.32. The number of ether oxygens (including phenoxy) is 1. The Morgan fingerprint density at radius 3 is 2.46 bits per heavy atom. The Morgan fingerprint density at radius 1 is 1.06 bits per heavy atom. The zero-order valence-electron chi connectivity index (χ0n) is 20.1. The number of benzene rings is 2. The third-order valence-electron chi connectivity index (χ3n) is 6.46. The summed E-state index contributed by atoms with van der Waals surface area (Å²) in [4.78, 5) is 17.0. The number of aromatic nitrogens is 2. The Labute approximate surface area is 210 Å². The molecule has 6 nitrogen and oxygen atoms in total. The van der Waals surface area contributed by atoms with Gasteiger partial charge < -0.3 is 10.1 Å². The fourth-order valence-corrected chi connectivity index (χ4v) is 5.29. The maximum absolute atomic E-state index is 12.5. The first-order chi connectivity index (χ1) is 17.1. The summed E-state index contributed by atoms with van der Waals surface area (Å²) in [6, 6.07) is 22.4. The number of nitrogens with zero attached hydrogens (tertiary/aromatic N) is 3. The van der Waals surface area contributed by atoms with Crippen LogP contribution in [0.25, 0.3) is 16.9 Å². The minimum absolute atomic E-state index is 0.0486. The number of thiophene rings is 1. The Kier molecular flexibility index (Phi) is 6.97.